The number of aliphatic hydroxyl groups excluding tert-OH is 1. The van der Waals surface area contributed by atoms with E-state index in [1.165, 1.54) is 0 Å². The van der Waals surface area contributed by atoms with Gasteiger partial charge in [-0.2, -0.15) is 0 Å². The molecule has 2 rings (SSSR count). The van der Waals surface area contributed by atoms with Gasteiger partial charge in [-0.25, -0.2) is 0 Å². The van der Waals surface area contributed by atoms with Crippen molar-refractivity contribution in [3.8, 4) is 0 Å². The molecule has 0 saturated carbocycles. The Bertz CT molecular complexity index is 462. The average molecular weight is 223 g/mol. The molecular weight excluding hydrogens is 212 g/mol. The van der Waals surface area contributed by atoms with Crippen LogP contribution in [0.3, 0.4) is 0 Å². The fourth-order valence-electron chi connectivity index (χ4n) is 1.54. The van der Waals surface area contributed by atoms with Gasteiger partial charge in [0.05, 0.1) is 6.26 Å². The van der Waals surface area contributed by atoms with E-state index in [2.05, 4.69) is 0 Å². The Balaban J connectivity index is 2.41. The van der Waals surface area contributed by atoms with Crippen molar-refractivity contribution in [2.24, 2.45) is 0 Å². The number of furan rings is 1. The zero-order chi connectivity index (χ0) is 10.8. The first-order chi connectivity index (χ1) is 7.20. The van der Waals surface area contributed by atoms with Crippen LogP contribution in [-0.2, 0) is 0 Å². The van der Waals surface area contributed by atoms with Crippen molar-refractivity contribution in [2.75, 3.05) is 0 Å². The largest absolute Gasteiger partial charge is 0.469 e. The molecule has 0 aliphatic rings. The van der Waals surface area contributed by atoms with Gasteiger partial charge in [0, 0.05) is 16.1 Å². The lowest BCUT2D eigenvalue weighted by molar-refractivity contribution is 0.218. The zero-order valence-corrected chi connectivity index (χ0v) is 9.03. The van der Waals surface area contributed by atoms with E-state index in [4.69, 9.17) is 16.0 Å². The number of benzene rings is 1. The van der Waals surface area contributed by atoms with Gasteiger partial charge in [-0.05, 0) is 19.1 Å². The third kappa shape index (κ3) is 1.91. The maximum absolute atomic E-state index is 10.1. The molecule has 2 aromatic rings. The highest BCUT2D eigenvalue weighted by Crippen LogP contribution is 2.29. The van der Waals surface area contributed by atoms with Crippen LogP contribution in [0.4, 0.5) is 0 Å². The molecule has 0 radical (unpaired) electrons. The van der Waals surface area contributed by atoms with E-state index in [0.29, 0.717) is 16.3 Å². The van der Waals surface area contributed by atoms with Gasteiger partial charge in [-0.3, -0.25) is 0 Å². The summed E-state index contributed by atoms with van der Waals surface area (Å²) in [5.41, 5.74) is 1.45. The molecule has 1 aromatic carbocycles. The Morgan fingerprint density at radius 2 is 1.93 bits per heavy atom. The molecule has 1 unspecified atom stereocenters. The Hall–Kier alpha value is -1.25. The summed E-state index contributed by atoms with van der Waals surface area (Å²) in [5, 5.41) is 10.7. The smallest absolute Gasteiger partial charge is 0.109 e. The van der Waals surface area contributed by atoms with Gasteiger partial charge in [0.15, 0.2) is 0 Å². The van der Waals surface area contributed by atoms with E-state index < -0.39 is 6.10 Å². The zero-order valence-electron chi connectivity index (χ0n) is 8.27. The lowest BCUT2D eigenvalue weighted by atomic mass is 10.0. The maximum atomic E-state index is 10.1. The summed E-state index contributed by atoms with van der Waals surface area (Å²) >= 11 is 6.00. The van der Waals surface area contributed by atoms with Crippen molar-refractivity contribution in [3.63, 3.8) is 0 Å². The molecular formula is C12H11ClO2. The highest BCUT2D eigenvalue weighted by molar-refractivity contribution is 6.31. The third-order valence-corrected chi connectivity index (χ3v) is 2.74. The van der Waals surface area contributed by atoms with Gasteiger partial charge in [-0.1, -0.05) is 29.8 Å². The van der Waals surface area contributed by atoms with Crippen LogP contribution in [-0.4, -0.2) is 5.11 Å². The quantitative estimate of drug-likeness (QED) is 0.846. The van der Waals surface area contributed by atoms with Crippen molar-refractivity contribution in [1.82, 2.24) is 0 Å². The number of hydrogen-bond acceptors (Lipinski definition) is 2. The van der Waals surface area contributed by atoms with Crippen LogP contribution in [0.15, 0.2) is 41.0 Å². The summed E-state index contributed by atoms with van der Waals surface area (Å²) in [6.07, 6.45) is 0.836. The minimum Gasteiger partial charge on any atom is -0.469 e. The van der Waals surface area contributed by atoms with E-state index in [9.17, 15) is 5.11 Å². The molecule has 78 valence electrons. The van der Waals surface area contributed by atoms with Gasteiger partial charge in [0.1, 0.15) is 11.9 Å². The predicted octanol–water partition coefficient (Wildman–Crippen LogP) is 3.32. The molecule has 0 fully saturated rings. The SMILES string of the molecule is Cc1occc1C(O)c1ccccc1Cl. The molecule has 0 aliphatic heterocycles. The highest BCUT2D eigenvalue weighted by Gasteiger charge is 2.16. The Kier molecular flexibility index (Phi) is 2.80. The summed E-state index contributed by atoms with van der Waals surface area (Å²) in [5.74, 6) is 0.711. The molecule has 0 aliphatic carbocycles. The van der Waals surface area contributed by atoms with E-state index >= 15 is 0 Å². The van der Waals surface area contributed by atoms with Crippen LogP contribution in [0, 0.1) is 6.92 Å². The Morgan fingerprint density at radius 3 is 2.53 bits per heavy atom. The van der Waals surface area contributed by atoms with E-state index in [-0.39, 0.29) is 0 Å². The molecule has 1 aromatic heterocycles. The summed E-state index contributed by atoms with van der Waals surface area (Å²) < 4.78 is 5.14. The van der Waals surface area contributed by atoms with Crippen LogP contribution < -0.4 is 0 Å². The van der Waals surface area contributed by atoms with Gasteiger partial charge < -0.3 is 9.52 Å². The molecule has 2 nitrogen and oxygen atoms in total. The summed E-state index contributed by atoms with van der Waals surface area (Å²) in [4.78, 5) is 0. The third-order valence-electron chi connectivity index (χ3n) is 2.39. The van der Waals surface area contributed by atoms with Crippen LogP contribution in [0.5, 0.6) is 0 Å². The molecule has 1 heterocycles. The van der Waals surface area contributed by atoms with Crippen molar-refractivity contribution >= 4 is 11.6 Å². The topological polar surface area (TPSA) is 33.4 Å². The Morgan fingerprint density at radius 1 is 1.20 bits per heavy atom. The first-order valence-corrected chi connectivity index (χ1v) is 5.04. The van der Waals surface area contributed by atoms with Crippen LogP contribution in [0.25, 0.3) is 0 Å². The lowest BCUT2D eigenvalue weighted by Crippen LogP contribution is -2.00. The van der Waals surface area contributed by atoms with Gasteiger partial charge in [0.2, 0.25) is 0 Å². The van der Waals surface area contributed by atoms with Crippen molar-refractivity contribution in [1.29, 1.82) is 0 Å². The summed E-state index contributed by atoms with van der Waals surface area (Å²) in [6.45, 7) is 1.81. The summed E-state index contributed by atoms with van der Waals surface area (Å²) in [7, 11) is 0. The monoisotopic (exact) mass is 222 g/mol. The van der Waals surface area contributed by atoms with E-state index in [1.54, 1.807) is 24.5 Å². The highest BCUT2D eigenvalue weighted by atomic mass is 35.5. The number of hydrogen-bond donors (Lipinski definition) is 1. The molecule has 0 bridgehead atoms. The second-order valence-corrected chi connectivity index (χ2v) is 3.76. The number of halogens is 1. The standard InChI is InChI=1S/C12H11ClO2/c1-8-9(6-7-15-8)12(14)10-4-2-3-5-11(10)13/h2-7,12,14H,1H3. The first kappa shape index (κ1) is 10.3. The summed E-state index contributed by atoms with van der Waals surface area (Å²) in [6, 6.07) is 9.00. The van der Waals surface area contributed by atoms with E-state index in [1.807, 2.05) is 19.1 Å². The second-order valence-electron chi connectivity index (χ2n) is 3.36. The second kappa shape index (κ2) is 4.09. The molecule has 1 N–H and O–H groups in total. The minimum absolute atomic E-state index is 0.561. The van der Waals surface area contributed by atoms with Gasteiger partial charge in [0.25, 0.3) is 0 Å². The fraction of sp³-hybridized carbons (Fsp3) is 0.167. The van der Waals surface area contributed by atoms with Crippen LogP contribution in [0.1, 0.15) is 23.0 Å². The molecule has 0 spiro atoms. The van der Waals surface area contributed by atoms with Gasteiger partial charge in [-0.15, -0.1) is 0 Å². The minimum atomic E-state index is -0.725. The molecule has 0 amide bonds. The maximum Gasteiger partial charge on any atom is 0.109 e. The Labute approximate surface area is 93.1 Å². The first-order valence-electron chi connectivity index (χ1n) is 4.66. The van der Waals surface area contributed by atoms with Crippen molar-refractivity contribution < 1.29 is 9.52 Å². The molecule has 0 saturated heterocycles. The van der Waals surface area contributed by atoms with Crippen LogP contribution in [0.2, 0.25) is 5.02 Å². The molecule has 3 heteroatoms. The van der Waals surface area contributed by atoms with Crippen molar-refractivity contribution in [3.05, 3.63) is 58.5 Å². The van der Waals surface area contributed by atoms with Crippen molar-refractivity contribution in [2.45, 2.75) is 13.0 Å². The number of aryl methyl sites for hydroxylation is 1. The predicted molar refractivity (Wildman–Crippen MR) is 59.0 cm³/mol. The lowest BCUT2D eigenvalue weighted by Gasteiger charge is -2.11. The number of rotatable bonds is 2. The normalized spacial score (nSPS) is 12.7. The van der Waals surface area contributed by atoms with Gasteiger partial charge >= 0.3 is 0 Å². The van der Waals surface area contributed by atoms with E-state index in [0.717, 1.165) is 5.56 Å². The number of aliphatic hydroxyl groups is 1. The van der Waals surface area contributed by atoms with Crippen LogP contribution >= 0.6 is 11.6 Å². The average Bonchev–Trinajstić information content (AvgIpc) is 2.64. The molecule has 15 heavy (non-hydrogen) atoms. The molecule has 1 atom stereocenters. The fourth-order valence-corrected chi connectivity index (χ4v) is 1.78.